The van der Waals surface area contributed by atoms with Crippen LogP contribution in [0.3, 0.4) is 0 Å². The van der Waals surface area contributed by atoms with Crippen molar-refractivity contribution in [3.05, 3.63) is 54.2 Å². The molecule has 0 saturated carbocycles. The maximum absolute atomic E-state index is 12.3. The molecule has 6 heteroatoms. The number of pyridine rings is 1. The number of nitrogens with one attached hydrogen (secondary N) is 3. The zero-order valence-electron chi connectivity index (χ0n) is 14.7. The summed E-state index contributed by atoms with van der Waals surface area (Å²) in [5, 5.41) is 8.96. The second kappa shape index (κ2) is 9.10. The maximum atomic E-state index is 12.3. The van der Waals surface area contributed by atoms with E-state index in [1.807, 2.05) is 6.07 Å². The molecule has 26 heavy (non-hydrogen) atoms. The van der Waals surface area contributed by atoms with Gasteiger partial charge in [0.2, 0.25) is 5.91 Å². The molecule has 1 aromatic heterocycles. The van der Waals surface area contributed by atoms with Crippen molar-refractivity contribution in [1.29, 1.82) is 0 Å². The van der Waals surface area contributed by atoms with E-state index in [4.69, 9.17) is 0 Å². The van der Waals surface area contributed by atoms with Gasteiger partial charge < -0.3 is 16.0 Å². The van der Waals surface area contributed by atoms with Crippen LogP contribution in [0.25, 0.3) is 0 Å². The molecule has 136 valence electrons. The van der Waals surface area contributed by atoms with Crippen LogP contribution in [0.15, 0.2) is 48.7 Å². The van der Waals surface area contributed by atoms with E-state index in [1.165, 1.54) is 0 Å². The molecule has 2 amide bonds. The molecule has 1 aliphatic rings. The van der Waals surface area contributed by atoms with Crippen LogP contribution >= 0.6 is 0 Å². The summed E-state index contributed by atoms with van der Waals surface area (Å²) in [5.41, 5.74) is 1.11. The average molecular weight is 352 g/mol. The van der Waals surface area contributed by atoms with Gasteiger partial charge in [-0.2, -0.15) is 0 Å². The van der Waals surface area contributed by atoms with Crippen molar-refractivity contribution < 1.29 is 9.59 Å². The van der Waals surface area contributed by atoms with Crippen LogP contribution in [0.4, 0.5) is 11.5 Å². The number of anilines is 2. The lowest BCUT2D eigenvalue weighted by atomic mass is 9.93. The average Bonchev–Trinajstić information content (AvgIpc) is 2.68. The number of amides is 2. The fourth-order valence-corrected chi connectivity index (χ4v) is 3.09. The highest BCUT2D eigenvalue weighted by Gasteiger charge is 2.15. The zero-order chi connectivity index (χ0) is 18.2. The molecule has 2 heterocycles. The van der Waals surface area contributed by atoms with Crippen LogP contribution in [-0.4, -0.2) is 29.9 Å². The minimum Gasteiger partial charge on any atom is -0.326 e. The number of carbonyl (C=O) groups is 2. The van der Waals surface area contributed by atoms with Crippen molar-refractivity contribution in [3.8, 4) is 0 Å². The molecule has 0 bridgehead atoms. The quantitative estimate of drug-likeness (QED) is 0.746. The van der Waals surface area contributed by atoms with Gasteiger partial charge in [-0.05, 0) is 68.6 Å². The highest BCUT2D eigenvalue weighted by atomic mass is 16.2. The predicted molar refractivity (Wildman–Crippen MR) is 102 cm³/mol. The van der Waals surface area contributed by atoms with Crippen molar-refractivity contribution in [2.75, 3.05) is 23.7 Å². The van der Waals surface area contributed by atoms with Crippen LogP contribution in [0.5, 0.6) is 0 Å². The minimum absolute atomic E-state index is 0.00850. The van der Waals surface area contributed by atoms with Gasteiger partial charge in [-0.3, -0.25) is 9.59 Å². The smallest absolute Gasteiger partial charge is 0.256 e. The summed E-state index contributed by atoms with van der Waals surface area (Å²) < 4.78 is 0. The Balaban J connectivity index is 1.53. The van der Waals surface area contributed by atoms with Gasteiger partial charge in [-0.1, -0.05) is 12.1 Å². The van der Waals surface area contributed by atoms with Crippen molar-refractivity contribution in [1.82, 2.24) is 10.3 Å². The molecule has 0 atom stereocenters. The number of carbonyl (C=O) groups excluding carboxylic acids is 2. The SMILES string of the molecule is O=C(CCC1CCNCC1)Nc1cccc(C(=O)Nc2ccccn2)c1. The Morgan fingerprint density at radius 2 is 1.92 bits per heavy atom. The molecule has 1 saturated heterocycles. The molecule has 0 radical (unpaired) electrons. The molecule has 3 N–H and O–H groups in total. The first-order valence-corrected chi connectivity index (χ1v) is 9.04. The molecule has 1 aliphatic heterocycles. The van der Waals surface area contributed by atoms with Gasteiger partial charge in [0, 0.05) is 23.9 Å². The Labute approximate surface area is 153 Å². The summed E-state index contributed by atoms with van der Waals surface area (Å²) in [5.74, 6) is 0.853. The summed E-state index contributed by atoms with van der Waals surface area (Å²) in [7, 11) is 0. The largest absolute Gasteiger partial charge is 0.326 e. The maximum Gasteiger partial charge on any atom is 0.256 e. The van der Waals surface area contributed by atoms with Gasteiger partial charge in [-0.25, -0.2) is 4.98 Å². The van der Waals surface area contributed by atoms with Crippen LogP contribution in [-0.2, 0) is 4.79 Å². The Hall–Kier alpha value is -2.73. The van der Waals surface area contributed by atoms with E-state index >= 15 is 0 Å². The first kappa shape index (κ1) is 18.1. The topological polar surface area (TPSA) is 83.1 Å². The number of benzene rings is 1. The fourth-order valence-electron chi connectivity index (χ4n) is 3.09. The second-order valence-electron chi connectivity index (χ2n) is 6.53. The summed E-state index contributed by atoms with van der Waals surface area (Å²) in [6.45, 7) is 2.08. The molecule has 2 aromatic rings. The Morgan fingerprint density at radius 3 is 2.69 bits per heavy atom. The molecule has 6 nitrogen and oxygen atoms in total. The third kappa shape index (κ3) is 5.39. The standard InChI is InChI=1S/C20H24N4O2/c25-19(8-7-15-9-12-21-13-10-15)23-17-5-3-4-16(14-17)20(26)24-18-6-1-2-11-22-18/h1-6,11,14-15,21H,7-10,12-13H2,(H,23,25)(H,22,24,26). The Morgan fingerprint density at radius 1 is 1.08 bits per heavy atom. The van der Waals surface area contributed by atoms with Crippen LogP contribution in [0.1, 0.15) is 36.0 Å². The second-order valence-corrected chi connectivity index (χ2v) is 6.53. The van der Waals surface area contributed by atoms with E-state index < -0.39 is 0 Å². The normalized spacial score (nSPS) is 14.6. The van der Waals surface area contributed by atoms with E-state index in [0.717, 1.165) is 32.4 Å². The Kier molecular flexibility index (Phi) is 6.33. The van der Waals surface area contributed by atoms with Crippen LogP contribution < -0.4 is 16.0 Å². The number of rotatable bonds is 6. The first-order valence-electron chi connectivity index (χ1n) is 9.04. The summed E-state index contributed by atoms with van der Waals surface area (Å²) in [6.07, 6.45) is 5.31. The summed E-state index contributed by atoms with van der Waals surface area (Å²) in [6, 6.07) is 12.3. The summed E-state index contributed by atoms with van der Waals surface area (Å²) in [4.78, 5) is 28.6. The molecule has 0 aliphatic carbocycles. The van der Waals surface area contributed by atoms with Gasteiger partial charge in [0.15, 0.2) is 0 Å². The van der Waals surface area contributed by atoms with Gasteiger partial charge in [0.25, 0.3) is 5.91 Å². The van der Waals surface area contributed by atoms with Crippen molar-refractivity contribution in [3.63, 3.8) is 0 Å². The number of hydrogen-bond acceptors (Lipinski definition) is 4. The molecular weight excluding hydrogens is 328 g/mol. The van der Waals surface area contributed by atoms with Gasteiger partial charge in [-0.15, -0.1) is 0 Å². The van der Waals surface area contributed by atoms with E-state index in [9.17, 15) is 9.59 Å². The predicted octanol–water partition coefficient (Wildman–Crippen LogP) is 3.05. The van der Waals surface area contributed by atoms with E-state index in [1.54, 1.807) is 42.6 Å². The number of aromatic nitrogens is 1. The van der Waals surface area contributed by atoms with E-state index in [2.05, 4.69) is 20.9 Å². The molecule has 0 spiro atoms. The van der Waals surface area contributed by atoms with Crippen LogP contribution in [0, 0.1) is 5.92 Å². The third-order valence-corrected chi connectivity index (χ3v) is 4.55. The minimum atomic E-state index is -0.255. The molecule has 1 fully saturated rings. The lowest BCUT2D eigenvalue weighted by molar-refractivity contribution is -0.116. The van der Waals surface area contributed by atoms with E-state index in [0.29, 0.717) is 29.4 Å². The van der Waals surface area contributed by atoms with Gasteiger partial charge in [0.05, 0.1) is 0 Å². The molecule has 3 rings (SSSR count). The van der Waals surface area contributed by atoms with Gasteiger partial charge in [0.1, 0.15) is 5.82 Å². The lowest BCUT2D eigenvalue weighted by Crippen LogP contribution is -2.28. The highest BCUT2D eigenvalue weighted by Crippen LogP contribution is 2.19. The zero-order valence-corrected chi connectivity index (χ0v) is 14.7. The van der Waals surface area contributed by atoms with Crippen molar-refractivity contribution in [2.24, 2.45) is 5.92 Å². The van der Waals surface area contributed by atoms with Crippen molar-refractivity contribution >= 4 is 23.3 Å². The Bertz CT molecular complexity index is 742. The number of piperidine rings is 1. The number of hydrogen-bond donors (Lipinski definition) is 3. The number of nitrogens with zero attached hydrogens (tertiary/aromatic N) is 1. The van der Waals surface area contributed by atoms with Gasteiger partial charge >= 0.3 is 0 Å². The van der Waals surface area contributed by atoms with E-state index in [-0.39, 0.29) is 11.8 Å². The molecule has 1 aromatic carbocycles. The first-order chi connectivity index (χ1) is 12.7. The molecule has 0 unspecified atom stereocenters. The molecular formula is C20H24N4O2. The van der Waals surface area contributed by atoms with Crippen molar-refractivity contribution in [2.45, 2.75) is 25.7 Å². The third-order valence-electron chi connectivity index (χ3n) is 4.55. The lowest BCUT2D eigenvalue weighted by Gasteiger charge is -2.22. The fraction of sp³-hybridized carbons (Fsp3) is 0.350. The van der Waals surface area contributed by atoms with Crippen LogP contribution in [0.2, 0.25) is 0 Å². The summed E-state index contributed by atoms with van der Waals surface area (Å²) >= 11 is 0. The highest BCUT2D eigenvalue weighted by molar-refractivity contribution is 6.04. The monoisotopic (exact) mass is 352 g/mol.